The van der Waals surface area contributed by atoms with Crippen molar-refractivity contribution >= 4 is 11.6 Å². The van der Waals surface area contributed by atoms with Crippen LogP contribution in [0.25, 0.3) is 0 Å². The monoisotopic (exact) mass is 227 g/mol. The third-order valence-electron chi connectivity index (χ3n) is 2.73. The van der Waals surface area contributed by atoms with Crippen LogP contribution < -0.4 is 0 Å². The highest BCUT2D eigenvalue weighted by Crippen LogP contribution is 2.15. The maximum Gasteiger partial charge on any atom is 0.243 e. The Morgan fingerprint density at radius 1 is 1.47 bits per heavy atom. The Hall–Kier alpha value is -2.15. The van der Waals surface area contributed by atoms with Crippen molar-refractivity contribution in [3.05, 3.63) is 35.4 Å². The van der Waals surface area contributed by atoms with E-state index < -0.39 is 0 Å². The molecule has 17 heavy (non-hydrogen) atoms. The molecule has 0 radical (unpaired) electrons. The predicted molar refractivity (Wildman–Crippen MR) is 64.3 cm³/mol. The molecule has 4 heteroatoms. The van der Waals surface area contributed by atoms with Gasteiger partial charge in [-0.05, 0) is 24.6 Å². The summed E-state index contributed by atoms with van der Waals surface area (Å²) in [5, 5.41) is 14.6. The van der Waals surface area contributed by atoms with Gasteiger partial charge in [0.15, 0.2) is 0 Å². The fourth-order valence-electron chi connectivity index (χ4n) is 1.82. The van der Waals surface area contributed by atoms with Crippen LogP contribution in [0.2, 0.25) is 0 Å². The zero-order chi connectivity index (χ0) is 12.3. The second-order valence-electron chi connectivity index (χ2n) is 3.85. The molecule has 1 aromatic rings. The quantitative estimate of drug-likeness (QED) is 0.774. The molecule has 1 amide bonds. The third-order valence-corrected chi connectivity index (χ3v) is 2.73. The highest BCUT2D eigenvalue weighted by atomic mass is 16.2. The normalized spacial score (nSPS) is 15.4. The van der Waals surface area contributed by atoms with Gasteiger partial charge in [-0.1, -0.05) is 12.1 Å². The molecule has 0 aromatic heterocycles. The smallest absolute Gasteiger partial charge is 0.243 e. The maximum atomic E-state index is 11.5. The average Bonchev–Trinajstić information content (AvgIpc) is 2.39. The molecule has 0 spiro atoms. The van der Waals surface area contributed by atoms with E-state index in [1.54, 1.807) is 6.07 Å². The zero-order valence-corrected chi connectivity index (χ0v) is 9.68. The number of nitriles is 1. The second-order valence-corrected chi connectivity index (χ2v) is 3.85. The minimum atomic E-state index is 0.0627. The molecule has 86 valence electrons. The first-order valence-corrected chi connectivity index (χ1v) is 5.63. The number of benzene rings is 1. The van der Waals surface area contributed by atoms with Gasteiger partial charge in [0.05, 0.1) is 17.3 Å². The summed E-state index contributed by atoms with van der Waals surface area (Å²) in [5.74, 6) is 0.0627. The van der Waals surface area contributed by atoms with E-state index in [-0.39, 0.29) is 5.91 Å². The summed E-state index contributed by atoms with van der Waals surface area (Å²) < 4.78 is 0. The molecular weight excluding hydrogens is 214 g/mol. The number of hydrogen-bond acceptors (Lipinski definition) is 3. The fourth-order valence-corrected chi connectivity index (χ4v) is 1.82. The van der Waals surface area contributed by atoms with Crippen LogP contribution in [-0.2, 0) is 4.79 Å². The zero-order valence-electron chi connectivity index (χ0n) is 9.68. The lowest BCUT2D eigenvalue weighted by molar-refractivity contribution is -0.131. The molecule has 0 bridgehead atoms. The van der Waals surface area contributed by atoms with E-state index in [9.17, 15) is 4.79 Å². The average molecular weight is 227 g/mol. The van der Waals surface area contributed by atoms with Gasteiger partial charge in [-0.3, -0.25) is 4.79 Å². The molecule has 0 saturated heterocycles. The number of carbonyl (C=O) groups is 1. The third kappa shape index (κ3) is 2.34. The van der Waals surface area contributed by atoms with Crippen molar-refractivity contribution in [1.29, 1.82) is 5.26 Å². The van der Waals surface area contributed by atoms with E-state index in [2.05, 4.69) is 11.2 Å². The summed E-state index contributed by atoms with van der Waals surface area (Å²) in [4.78, 5) is 11.5. The van der Waals surface area contributed by atoms with E-state index in [1.165, 1.54) is 5.01 Å². The molecular formula is C13H13N3O. The molecule has 1 aromatic carbocycles. The fraction of sp³-hybridized carbons (Fsp3) is 0.308. The number of hydrogen-bond donors (Lipinski definition) is 0. The Bertz CT molecular complexity index is 514. The van der Waals surface area contributed by atoms with Crippen molar-refractivity contribution in [2.45, 2.75) is 19.8 Å². The van der Waals surface area contributed by atoms with E-state index in [0.717, 1.165) is 11.3 Å². The SMILES string of the molecule is CCN1N=C(c2cccc(C#N)c2)CCC1=O. The Kier molecular flexibility index (Phi) is 3.20. The van der Waals surface area contributed by atoms with Crippen molar-refractivity contribution in [1.82, 2.24) is 5.01 Å². The van der Waals surface area contributed by atoms with Gasteiger partial charge in [-0.25, -0.2) is 5.01 Å². The molecule has 1 aliphatic heterocycles. The Labute approximate surface area is 100 Å². The first-order valence-electron chi connectivity index (χ1n) is 5.63. The first kappa shape index (κ1) is 11.3. The highest BCUT2D eigenvalue weighted by molar-refractivity contribution is 6.04. The minimum absolute atomic E-state index is 0.0627. The van der Waals surface area contributed by atoms with Gasteiger partial charge < -0.3 is 0 Å². The van der Waals surface area contributed by atoms with E-state index >= 15 is 0 Å². The Morgan fingerprint density at radius 3 is 3.00 bits per heavy atom. The second kappa shape index (κ2) is 4.79. The molecule has 0 saturated carbocycles. The van der Waals surface area contributed by atoms with Gasteiger partial charge in [0.2, 0.25) is 5.91 Å². The summed E-state index contributed by atoms with van der Waals surface area (Å²) in [6, 6.07) is 9.43. The van der Waals surface area contributed by atoms with E-state index in [4.69, 9.17) is 5.26 Å². The van der Waals surface area contributed by atoms with Crippen molar-refractivity contribution in [3.8, 4) is 6.07 Å². The summed E-state index contributed by atoms with van der Waals surface area (Å²) >= 11 is 0. The van der Waals surface area contributed by atoms with Gasteiger partial charge in [0, 0.05) is 19.4 Å². The van der Waals surface area contributed by atoms with Crippen LogP contribution in [0.15, 0.2) is 29.4 Å². The molecule has 1 heterocycles. The predicted octanol–water partition coefficient (Wildman–Crippen LogP) is 1.90. The van der Waals surface area contributed by atoms with Crippen LogP contribution in [0, 0.1) is 11.3 Å². The number of rotatable bonds is 2. The molecule has 2 rings (SSSR count). The molecule has 4 nitrogen and oxygen atoms in total. The topological polar surface area (TPSA) is 56.5 Å². The summed E-state index contributed by atoms with van der Waals surface area (Å²) in [6.07, 6.45) is 1.13. The maximum absolute atomic E-state index is 11.5. The number of amides is 1. The van der Waals surface area contributed by atoms with Crippen LogP contribution in [-0.4, -0.2) is 23.2 Å². The highest BCUT2D eigenvalue weighted by Gasteiger charge is 2.19. The molecule has 0 fully saturated rings. The van der Waals surface area contributed by atoms with Crippen LogP contribution in [0.4, 0.5) is 0 Å². The standard InChI is InChI=1S/C13H13N3O/c1-2-16-13(17)7-6-12(15-16)11-5-3-4-10(8-11)9-14/h3-5,8H,2,6-7H2,1H3. The number of hydrazone groups is 1. The van der Waals surface area contributed by atoms with Crippen molar-refractivity contribution in [2.24, 2.45) is 5.10 Å². The lowest BCUT2D eigenvalue weighted by Gasteiger charge is -2.22. The molecule has 0 atom stereocenters. The van der Waals surface area contributed by atoms with Crippen LogP contribution in [0.1, 0.15) is 30.9 Å². The first-order chi connectivity index (χ1) is 8.24. The van der Waals surface area contributed by atoms with Gasteiger partial charge in [-0.15, -0.1) is 0 Å². The lowest BCUT2D eigenvalue weighted by atomic mass is 10.0. The summed E-state index contributed by atoms with van der Waals surface area (Å²) in [7, 11) is 0. The molecule has 1 aliphatic rings. The molecule has 0 aliphatic carbocycles. The van der Waals surface area contributed by atoms with Gasteiger partial charge in [0.25, 0.3) is 0 Å². The summed E-state index contributed by atoms with van der Waals surface area (Å²) in [6.45, 7) is 2.48. The number of carbonyl (C=O) groups excluding carboxylic acids is 1. The minimum Gasteiger partial charge on any atom is -0.273 e. The number of nitrogens with zero attached hydrogens (tertiary/aromatic N) is 3. The van der Waals surface area contributed by atoms with Gasteiger partial charge >= 0.3 is 0 Å². The molecule has 0 unspecified atom stereocenters. The Morgan fingerprint density at radius 2 is 2.29 bits per heavy atom. The van der Waals surface area contributed by atoms with Gasteiger partial charge in [0.1, 0.15) is 0 Å². The van der Waals surface area contributed by atoms with Crippen molar-refractivity contribution < 1.29 is 4.79 Å². The van der Waals surface area contributed by atoms with E-state index in [0.29, 0.717) is 24.9 Å². The lowest BCUT2D eigenvalue weighted by Crippen LogP contribution is -2.31. The Balaban J connectivity index is 2.34. The van der Waals surface area contributed by atoms with Crippen LogP contribution in [0.3, 0.4) is 0 Å². The van der Waals surface area contributed by atoms with Gasteiger partial charge in [-0.2, -0.15) is 10.4 Å². The van der Waals surface area contributed by atoms with Crippen LogP contribution >= 0.6 is 0 Å². The van der Waals surface area contributed by atoms with Crippen molar-refractivity contribution in [2.75, 3.05) is 6.54 Å². The van der Waals surface area contributed by atoms with Crippen molar-refractivity contribution in [3.63, 3.8) is 0 Å². The van der Waals surface area contributed by atoms with E-state index in [1.807, 2.05) is 25.1 Å². The van der Waals surface area contributed by atoms with Crippen LogP contribution in [0.5, 0.6) is 0 Å². The largest absolute Gasteiger partial charge is 0.273 e. The summed E-state index contributed by atoms with van der Waals surface area (Å²) in [5.41, 5.74) is 2.42. The molecule has 0 N–H and O–H groups in total.